The highest BCUT2D eigenvalue weighted by atomic mass is 32.2. The summed E-state index contributed by atoms with van der Waals surface area (Å²) in [7, 11) is -4.39. The van der Waals surface area contributed by atoms with E-state index in [-0.39, 0.29) is 25.0 Å². The molecular weight excluding hydrogens is 226 g/mol. The molecule has 1 unspecified atom stereocenters. The molecule has 0 bridgehead atoms. The Kier molecular flexibility index (Phi) is 4.02. The molecule has 1 rings (SSSR count). The zero-order chi connectivity index (χ0) is 11.6. The second kappa shape index (κ2) is 4.71. The lowest BCUT2D eigenvalue weighted by molar-refractivity contribution is 0.199. The molecule has 0 aromatic heterocycles. The van der Waals surface area contributed by atoms with Crippen LogP contribution in [0.25, 0.3) is 0 Å². The number of nitrogens with zero attached hydrogens (tertiary/aromatic N) is 1. The molecule has 90 valence electrons. The predicted octanol–water partition coefficient (Wildman–Crippen LogP) is 0.598. The summed E-state index contributed by atoms with van der Waals surface area (Å²) < 4.78 is 47.5. The van der Waals surface area contributed by atoms with Crippen LogP contribution in [0, 0.1) is 5.92 Å². The smallest absolute Gasteiger partial charge is 0.328 e. The zero-order valence-electron chi connectivity index (χ0n) is 8.57. The second-order valence-electron chi connectivity index (χ2n) is 3.90. The lowest BCUT2D eigenvalue weighted by Gasteiger charge is -2.32. The molecule has 0 aromatic rings. The molecule has 0 spiro atoms. The molecule has 15 heavy (non-hydrogen) atoms. The number of rotatable bonds is 3. The maximum absolute atomic E-state index is 12.2. The van der Waals surface area contributed by atoms with Gasteiger partial charge in [0.2, 0.25) is 0 Å². The van der Waals surface area contributed by atoms with Gasteiger partial charge in [-0.05, 0) is 25.7 Å². The number of sulfonamides is 1. The van der Waals surface area contributed by atoms with Gasteiger partial charge in [-0.2, -0.15) is 13.1 Å². The highest BCUT2D eigenvalue weighted by molar-refractivity contribution is 7.89. The quantitative estimate of drug-likeness (QED) is 0.788. The van der Waals surface area contributed by atoms with E-state index in [0.717, 1.165) is 4.31 Å². The van der Waals surface area contributed by atoms with Crippen LogP contribution >= 0.6 is 0 Å². The molecule has 4 nitrogen and oxygen atoms in total. The van der Waals surface area contributed by atoms with Crippen molar-refractivity contribution in [1.29, 1.82) is 0 Å². The minimum Gasteiger partial charge on any atom is -0.328 e. The number of nitrogens with two attached hydrogens (primary N) is 1. The van der Waals surface area contributed by atoms with Crippen LogP contribution in [-0.2, 0) is 10.0 Å². The molecule has 0 aliphatic carbocycles. The summed E-state index contributed by atoms with van der Waals surface area (Å²) in [6.07, 6.45) is 1.12. The van der Waals surface area contributed by atoms with Crippen molar-refractivity contribution in [3.63, 3.8) is 0 Å². The molecule has 0 amide bonds. The Morgan fingerprint density at radius 1 is 1.33 bits per heavy atom. The first kappa shape index (κ1) is 12.8. The Morgan fingerprint density at radius 2 is 1.80 bits per heavy atom. The van der Waals surface area contributed by atoms with Crippen molar-refractivity contribution in [2.45, 2.75) is 31.6 Å². The van der Waals surface area contributed by atoms with E-state index < -0.39 is 15.8 Å². The summed E-state index contributed by atoms with van der Waals surface area (Å²) in [5.41, 5.74) is 5.67. The molecule has 0 saturated carbocycles. The van der Waals surface area contributed by atoms with Crippen LogP contribution in [0.4, 0.5) is 8.78 Å². The predicted molar refractivity (Wildman–Crippen MR) is 52.9 cm³/mol. The van der Waals surface area contributed by atoms with E-state index in [9.17, 15) is 17.2 Å². The van der Waals surface area contributed by atoms with Crippen molar-refractivity contribution in [2.24, 2.45) is 11.7 Å². The van der Waals surface area contributed by atoms with E-state index in [1.165, 1.54) is 0 Å². The van der Waals surface area contributed by atoms with Gasteiger partial charge >= 0.3 is 5.76 Å². The lowest BCUT2D eigenvalue weighted by atomic mass is 9.92. The minimum absolute atomic E-state index is 0.0126. The van der Waals surface area contributed by atoms with Crippen molar-refractivity contribution >= 4 is 10.0 Å². The topological polar surface area (TPSA) is 63.4 Å². The monoisotopic (exact) mass is 242 g/mol. The number of hydrogen-bond donors (Lipinski definition) is 1. The third kappa shape index (κ3) is 2.85. The Balaban J connectivity index is 2.58. The molecule has 1 heterocycles. The fourth-order valence-electron chi connectivity index (χ4n) is 1.77. The summed E-state index contributed by atoms with van der Waals surface area (Å²) in [4.78, 5) is 0. The van der Waals surface area contributed by atoms with Gasteiger partial charge in [-0.25, -0.2) is 8.42 Å². The summed E-state index contributed by atoms with van der Waals surface area (Å²) in [6, 6.07) is -0.0126. The Labute approximate surface area is 88.5 Å². The number of piperidine rings is 1. The first-order valence-electron chi connectivity index (χ1n) is 4.88. The highest BCUT2D eigenvalue weighted by Crippen LogP contribution is 2.23. The molecule has 0 aromatic carbocycles. The number of halogens is 2. The molecule has 1 aliphatic rings. The Bertz CT molecular complexity index is 298. The van der Waals surface area contributed by atoms with Gasteiger partial charge in [0.1, 0.15) is 0 Å². The van der Waals surface area contributed by atoms with Crippen molar-refractivity contribution in [3.05, 3.63) is 0 Å². The first-order valence-corrected chi connectivity index (χ1v) is 6.38. The van der Waals surface area contributed by atoms with Crippen LogP contribution in [0.5, 0.6) is 0 Å². The number of alkyl halides is 2. The van der Waals surface area contributed by atoms with Crippen LogP contribution in [0.1, 0.15) is 19.8 Å². The molecule has 0 radical (unpaired) electrons. The standard InChI is InChI=1S/C8H16F2N2O2S/c1-6(11)7-2-4-12(5-3-7)15(13,14)8(9)10/h6-8H,2-5,11H2,1H3. The normalized spacial score (nSPS) is 23.3. The van der Waals surface area contributed by atoms with Crippen molar-refractivity contribution in [1.82, 2.24) is 4.31 Å². The maximum atomic E-state index is 12.2. The molecule has 1 saturated heterocycles. The Hall–Kier alpha value is -0.270. The van der Waals surface area contributed by atoms with E-state index in [4.69, 9.17) is 5.73 Å². The zero-order valence-corrected chi connectivity index (χ0v) is 9.38. The molecule has 1 fully saturated rings. The second-order valence-corrected chi connectivity index (χ2v) is 5.80. The summed E-state index contributed by atoms with van der Waals surface area (Å²) in [6.45, 7) is 2.15. The van der Waals surface area contributed by atoms with Gasteiger partial charge < -0.3 is 5.73 Å². The SMILES string of the molecule is CC(N)C1CCN(S(=O)(=O)C(F)F)CC1. The van der Waals surface area contributed by atoms with Gasteiger partial charge in [0.25, 0.3) is 10.0 Å². The van der Waals surface area contributed by atoms with E-state index >= 15 is 0 Å². The van der Waals surface area contributed by atoms with Crippen LogP contribution in [0.15, 0.2) is 0 Å². The van der Waals surface area contributed by atoms with Crippen LogP contribution in [-0.4, -0.2) is 37.6 Å². The molecule has 1 atom stereocenters. The third-order valence-corrected chi connectivity index (χ3v) is 4.36. The van der Waals surface area contributed by atoms with Crippen LogP contribution in [0.3, 0.4) is 0 Å². The maximum Gasteiger partial charge on any atom is 0.350 e. The molecule has 2 N–H and O–H groups in total. The average Bonchev–Trinajstić information content (AvgIpc) is 2.17. The molecular formula is C8H16F2N2O2S. The van der Waals surface area contributed by atoms with Crippen LogP contribution < -0.4 is 5.73 Å². The van der Waals surface area contributed by atoms with E-state index in [1.807, 2.05) is 6.92 Å². The van der Waals surface area contributed by atoms with Gasteiger partial charge in [-0.15, -0.1) is 0 Å². The van der Waals surface area contributed by atoms with Gasteiger partial charge in [0.05, 0.1) is 0 Å². The average molecular weight is 242 g/mol. The third-order valence-electron chi connectivity index (χ3n) is 2.83. The van der Waals surface area contributed by atoms with Gasteiger partial charge in [-0.1, -0.05) is 0 Å². The largest absolute Gasteiger partial charge is 0.350 e. The summed E-state index contributed by atoms with van der Waals surface area (Å²) >= 11 is 0. The summed E-state index contributed by atoms with van der Waals surface area (Å²) in [5, 5.41) is 0. The first-order chi connectivity index (χ1) is 6.85. The number of hydrogen-bond acceptors (Lipinski definition) is 3. The highest BCUT2D eigenvalue weighted by Gasteiger charge is 2.35. The van der Waals surface area contributed by atoms with Crippen LogP contribution in [0.2, 0.25) is 0 Å². The van der Waals surface area contributed by atoms with E-state index in [0.29, 0.717) is 12.8 Å². The fraction of sp³-hybridized carbons (Fsp3) is 1.00. The van der Waals surface area contributed by atoms with Gasteiger partial charge in [0.15, 0.2) is 0 Å². The molecule has 1 aliphatic heterocycles. The Morgan fingerprint density at radius 3 is 2.13 bits per heavy atom. The van der Waals surface area contributed by atoms with E-state index in [1.54, 1.807) is 0 Å². The minimum atomic E-state index is -4.39. The van der Waals surface area contributed by atoms with E-state index in [2.05, 4.69) is 0 Å². The van der Waals surface area contributed by atoms with Crippen molar-refractivity contribution < 1.29 is 17.2 Å². The van der Waals surface area contributed by atoms with Crippen molar-refractivity contribution in [2.75, 3.05) is 13.1 Å². The van der Waals surface area contributed by atoms with Gasteiger partial charge in [0, 0.05) is 19.1 Å². The van der Waals surface area contributed by atoms with Crippen molar-refractivity contribution in [3.8, 4) is 0 Å². The summed E-state index contributed by atoms with van der Waals surface area (Å²) in [5.74, 6) is -3.08. The molecule has 7 heteroatoms. The fourth-order valence-corrected chi connectivity index (χ4v) is 2.71. The van der Waals surface area contributed by atoms with Gasteiger partial charge in [-0.3, -0.25) is 0 Å². The lowest BCUT2D eigenvalue weighted by Crippen LogP contribution is -2.44.